The number of nitrogens with zero attached hydrogens (tertiary/aromatic N) is 2. The van der Waals surface area contributed by atoms with E-state index in [9.17, 15) is 94.2 Å². The van der Waals surface area contributed by atoms with Crippen LogP contribution in [-0.2, 0) is 69.2 Å². The van der Waals surface area contributed by atoms with Gasteiger partial charge in [-0.3, -0.25) is 41.5 Å². The molecule has 1 aliphatic carbocycles. The quantitative estimate of drug-likeness (QED) is 0.0326. The van der Waals surface area contributed by atoms with Gasteiger partial charge >= 0.3 is 76.5 Å². The molecule has 0 radical (unpaired) electrons. The smallest absolute Gasteiger partial charge is 0.748 e. The van der Waals surface area contributed by atoms with E-state index in [2.05, 4.69) is 22.6 Å². The molecule has 3 unspecified atom stereocenters. The van der Waals surface area contributed by atoms with E-state index in [4.69, 9.17) is 9.05 Å². The average Bonchev–Trinajstić information content (AvgIpc) is 2.86. The summed E-state index contributed by atoms with van der Waals surface area (Å²) >= 11 is 0. The third-order valence-corrected chi connectivity index (χ3v) is 10.6. The molecular weight excluding hydrogens is 869 g/mol. The minimum absolute atomic E-state index is 0. The molecule has 2 rings (SSSR count). The fourth-order valence-corrected chi connectivity index (χ4v) is 8.77. The van der Waals surface area contributed by atoms with Crippen LogP contribution in [0.3, 0.4) is 0 Å². The first-order valence-corrected chi connectivity index (χ1v) is 23.7. The van der Waals surface area contributed by atoms with Crippen molar-refractivity contribution >= 4 is 57.1 Å². The zero-order valence-electron chi connectivity index (χ0n) is 25.6. The molecule has 2 aliphatic rings. The van der Waals surface area contributed by atoms with Gasteiger partial charge < -0.3 is 58.4 Å². The largest absolute Gasteiger partial charge is 1.00 e. The summed E-state index contributed by atoms with van der Waals surface area (Å²) in [6, 6.07) is 0. The van der Waals surface area contributed by atoms with Gasteiger partial charge in [0.25, 0.3) is 0 Å². The van der Waals surface area contributed by atoms with Crippen molar-refractivity contribution in [1.29, 1.82) is 0 Å². The van der Waals surface area contributed by atoms with Crippen molar-refractivity contribution in [2.75, 3.05) is 51.6 Å². The van der Waals surface area contributed by atoms with Crippen LogP contribution >= 0.6 is 46.9 Å². The van der Waals surface area contributed by atoms with Gasteiger partial charge in [-0.25, -0.2) is 35.8 Å². The van der Waals surface area contributed by atoms with Crippen LogP contribution in [0.4, 0.5) is 0 Å². The fraction of sp³-hybridized carbons (Fsp3) is 1.00. The first kappa shape index (κ1) is 50.5. The molecule has 1 heterocycles. The Morgan fingerprint density at radius 3 is 1.02 bits per heavy atom. The molecule has 0 aromatic carbocycles. The molecule has 298 valence electrons. The van der Waals surface area contributed by atoms with E-state index in [0.717, 1.165) is 0 Å². The van der Waals surface area contributed by atoms with Crippen LogP contribution in [0.25, 0.3) is 0 Å². The molecule has 37 heteroatoms. The van der Waals surface area contributed by atoms with E-state index >= 15 is 0 Å². The van der Waals surface area contributed by atoms with Gasteiger partial charge in [0.2, 0.25) is 0 Å². The van der Waals surface area contributed by atoms with Gasteiger partial charge in [0, 0.05) is 39.3 Å². The fourth-order valence-electron chi connectivity index (χ4n) is 4.58. The van der Waals surface area contributed by atoms with Gasteiger partial charge in [0.15, 0.2) is 0 Å². The molecule has 0 amide bonds. The van der Waals surface area contributed by atoms with E-state index in [1.807, 2.05) is 0 Å². The molecule has 29 nitrogen and oxygen atoms in total. The van der Waals surface area contributed by atoms with Crippen LogP contribution in [0.2, 0.25) is 0 Å². The number of phosphoric acid groups is 6. The molecule has 1 aliphatic heterocycles. The van der Waals surface area contributed by atoms with Crippen molar-refractivity contribution < 1.29 is 155 Å². The van der Waals surface area contributed by atoms with Crippen LogP contribution in [-0.4, -0.2) is 165 Å². The molecular formula is C14H33N2NaO27P6S. The van der Waals surface area contributed by atoms with Crippen molar-refractivity contribution in [1.82, 2.24) is 9.80 Å². The third kappa shape index (κ3) is 20.5. The van der Waals surface area contributed by atoms with Gasteiger partial charge in [0.05, 0.1) is 22.5 Å². The Balaban J connectivity index is 0.0000130. The monoisotopic (exact) mass is 902 g/mol. The number of phosphoric ester groups is 6. The van der Waals surface area contributed by atoms with Crippen molar-refractivity contribution in [3.8, 4) is 0 Å². The maximum absolute atomic E-state index is 13.0. The Morgan fingerprint density at radius 2 is 0.765 bits per heavy atom. The summed E-state index contributed by atoms with van der Waals surface area (Å²) in [6.45, 7) is -0.196. The SMILES string of the molecule is O=P(O)(O)OC1[C@@H](OP(=O)(O)O)[C@H](OP(=O)(O)O)C(OP(=O)(O)OCCN2CCN(CCS(=O)(=O)[O-])CC2)[C@@H](OP(=O)(O)O)[C@H]1OP(=O)(O)O.[Na+]. The minimum atomic E-state index is -6.10. The second-order valence-corrected chi connectivity index (χ2v) is 19.0. The van der Waals surface area contributed by atoms with E-state index < -0.39 is 106 Å². The number of rotatable bonds is 19. The summed E-state index contributed by atoms with van der Waals surface area (Å²) in [5.74, 6) is -0.659. The summed E-state index contributed by atoms with van der Waals surface area (Å²) in [5.41, 5.74) is 0. The topological polar surface area (TPSA) is 453 Å². The zero-order valence-corrected chi connectivity index (χ0v) is 33.7. The van der Waals surface area contributed by atoms with Crippen LogP contribution in [0.15, 0.2) is 0 Å². The normalized spacial score (nSPS) is 27.8. The second kappa shape index (κ2) is 19.3. The molecule has 0 spiro atoms. The molecule has 11 N–H and O–H groups in total. The molecule has 2 fully saturated rings. The van der Waals surface area contributed by atoms with Gasteiger partial charge in [-0.05, 0) is 0 Å². The predicted octanol–water partition coefficient (Wildman–Crippen LogP) is -6.94. The molecule has 1 saturated heterocycles. The maximum Gasteiger partial charge on any atom is 1.00 e. The number of hydrogen-bond acceptors (Lipinski definition) is 18. The predicted molar refractivity (Wildman–Crippen MR) is 153 cm³/mol. The van der Waals surface area contributed by atoms with Gasteiger partial charge in [-0.15, -0.1) is 0 Å². The number of hydrogen-bond donors (Lipinski definition) is 11. The average molecular weight is 902 g/mol. The molecule has 0 aromatic heterocycles. The molecule has 0 aromatic rings. The van der Waals surface area contributed by atoms with E-state index in [1.54, 1.807) is 9.80 Å². The van der Waals surface area contributed by atoms with Crippen LogP contribution in [0.5, 0.6) is 0 Å². The number of piperazine rings is 1. The summed E-state index contributed by atoms with van der Waals surface area (Å²) in [5, 5.41) is 0. The minimum Gasteiger partial charge on any atom is -0.748 e. The van der Waals surface area contributed by atoms with Crippen molar-refractivity contribution in [2.45, 2.75) is 36.6 Å². The Morgan fingerprint density at radius 1 is 0.510 bits per heavy atom. The van der Waals surface area contributed by atoms with Gasteiger partial charge in [0.1, 0.15) is 36.6 Å². The van der Waals surface area contributed by atoms with Crippen molar-refractivity contribution in [3.05, 3.63) is 0 Å². The summed E-state index contributed by atoms with van der Waals surface area (Å²) < 4.78 is 136. The Kier molecular flexibility index (Phi) is 19.1. The maximum atomic E-state index is 13.0. The Bertz CT molecular complexity index is 1490. The summed E-state index contributed by atoms with van der Waals surface area (Å²) in [4.78, 5) is 108. The van der Waals surface area contributed by atoms with Gasteiger partial charge in [-0.2, -0.15) is 0 Å². The first-order valence-electron chi connectivity index (χ1n) is 13.0. The van der Waals surface area contributed by atoms with Gasteiger partial charge in [-0.1, -0.05) is 0 Å². The second-order valence-electron chi connectivity index (χ2n) is 10.1. The summed E-state index contributed by atoms with van der Waals surface area (Å²) in [6.07, 6.45) is -18.9. The molecule has 0 bridgehead atoms. The third-order valence-electron chi connectivity index (χ3n) is 6.28. The first-order chi connectivity index (χ1) is 22.2. The van der Waals surface area contributed by atoms with Crippen molar-refractivity contribution in [3.63, 3.8) is 0 Å². The standard InChI is InChI=1S/C14H34N2O27P6S.Na/c17-44(18,19)38-9-10(39-45(20,21)22)12(41-47(26,27)28)14(13(42-48(29,30)31)11(9)40-46(23,24)25)43-49(32,33)37-7-5-15-1-3-16(4-2-15)6-8-50(34,35)36;/h9-14H,1-8H2,(H,32,33)(H2,17,18,19)(H2,20,21,22)(H2,23,24,25)(H2,26,27,28)(H2,29,30,31)(H,34,35,36);/q;+1/p-1/t9?,10-,11+,12-,13-,14?;/m0./s1. The Hall–Kier alpha value is 1.49. The van der Waals surface area contributed by atoms with Crippen LogP contribution in [0.1, 0.15) is 0 Å². The zero-order chi connectivity index (χ0) is 38.7. The van der Waals surface area contributed by atoms with Crippen molar-refractivity contribution in [2.24, 2.45) is 0 Å². The van der Waals surface area contributed by atoms with E-state index in [1.165, 1.54) is 0 Å². The van der Waals surface area contributed by atoms with E-state index in [-0.39, 0.29) is 68.8 Å². The van der Waals surface area contributed by atoms with Crippen LogP contribution in [0, 0.1) is 0 Å². The summed E-state index contributed by atoms with van der Waals surface area (Å²) in [7, 11) is -40.7. The van der Waals surface area contributed by atoms with E-state index in [0.29, 0.717) is 0 Å². The molecule has 7 atom stereocenters. The Labute approximate surface area is 309 Å². The molecule has 1 saturated carbocycles. The van der Waals surface area contributed by atoms with Crippen LogP contribution < -0.4 is 29.6 Å². The molecule has 51 heavy (non-hydrogen) atoms.